The molecule has 2 heterocycles. The molecule has 1 saturated heterocycles. The topological polar surface area (TPSA) is 48.7 Å². The van der Waals surface area contributed by atoms with E-state index in [9.17, 15) is 0 Å². The Balaban J connectivity index is 1.99. The average molecular weight is 304 g/mol. The van der Waals surface area contributed by atoms with Crippen LogP contribution in [0.2, 0.25) is 0 Å². The quantitative estimate of drug-likeness (QED) is 0.812. The Hall–Kier alpha value is -1.18. The molecule has 3 rings (SSSR count). The molecule has 1 aromatic rings. The van der Waals surface area contributed by atoms with Crippen LogP contribution in [0, 0.1) is 23.2 Å². The van der Waals surface area contributed by atoms with Crippen molar-refractivity contribution in [1.82, 2.24) is 10.3 Å². The number of allylic oxidation sites excluding steroid dienone is 1. The summed E-state index contributed by atoms with van der Waals surface area (Å²) in [6.07, 6.45) is 6.60. The number of pyridine rings is 1. The third kappa shape index (κ3) is 1.98. The maximum absolute atomic E-state index is 9.08. The number of fused-ring (bicyclic) bond motifs is 1. The minimum Gasteiger partial charge on any atom is -0.316 e. The molecule has 1 N–H and O–H groups in total. The Morgan fingerprint density at radius 2 is 2.33 bits per heavy atom. The van der Waals surface area contributed by atoms with E-state index >= 15 is 0 Å². The zero-order chi connectivity index (χ0) is 12.5. The van der Waals surface area contributed by atoms with Gasteiger partial charge in [-0.1, -0.05) is 6.08 Å². The maximum Gasteiger partial charge on any atom is 0.123 e. The highest BCUT2D eigenvalue weighted by molar-refractivity contribution is 9.10. The first-order valence-corrected chi connectivity index (χ1v) is 7.05. The average Bonchev–Trinajstić information content (AvgIpc) is 2.87. The zero-order valence-electron chi connectivity index (χ0n) is 9.99. The summed E-state index contributed by atoms with van der Waals surface area (Å²) >= 11 is 3.31. The summed E-state index contributed by atoms with van der Waals surface area (Å²) in [6, 6.07) is 4.13. The molecule has 3 nitrogen and oxygen atoms in total. The van der Waals surface area contributed by atoms with Crippen LogP contribution in [-0.2, 0) is 0 Å². The van der Waals surface area contributed by atoms with Crippen molar-refractivity contribution >= 4 is 21.5 Å². The van der Waals surface area contributed by atoms with Gasteiger partial charge < -0.3 is 5.32 Å². The van der Waals surface area contributed by atoms with Gasteiger partial charge in [-0.05, 0) is 58.4 Å². The minimum absolute atomic E-state index is 0.591. The van der Waals surface area contributed by atoms with Crippen LogP contribution in [0.25, 0.3) is 5.57 Å². The van der Waals surface area contributed by atoms with Crippen molar-refractivity contribution in [1.29, 1.82) is 5.26 Å². The fraction of sp³-hybridized carbons (Fsp3) is 0.429. The van der Waals surface area contributed by atoms with Gasteiger partial charge in [-0.2, -0.15) is 5.26 Å². The van der Waals surface area contributed by atoms with Crippen LogP contribution in [0.5, 0.6) is 0 Å². The third-order valence-electron chi connectivity index (χ3n) is 3.93. The fourth-order valence-electron chi connectivity index (χ4n) is 3.02. The molecule has 4 heteroatoms. The Kier molecular flexibility index (Phi) is 3.19. The van der Waals surface area contributed by atoms with Gasteiger partial charge in [0.05, 0.1) is 5.56 Å². The van der Waals surface area contributed by atoms with Gasteiger partial charge in [0.25, 0.3) is 0 Å². The molecule has 92 valence electrons. The first-order chi connectivity index (χ1) is 8.79. The van der Waals surface area contributed by atoms with E-state index in [4.69, 9.17) is 5.26 Å². The van der Waals surface area contributed by atoms with Gasteiger partial charge in [0.1, 0.15) is 10.7 Å². The molecular formula is C14H14BrN3. The van der Waals surface area contributed by atoms with Gasteiger partial charge in [0, 0.05) is 18.7 Å². The Morgan fingerprint density at radius 3 is 3.17 bits per heavy atom. The van der Waals surface area contributed by atoms with Crippen LogP contribution in [-0.4, -0.2) is 18.1 Å². The SMILES string of the molecule is N#Cc1cc(C2=CCC[C@H]3CNC[C@@H]23)cnc1Br. The van der Waals surface area contributed by atoms with Crippen LogP contribution in [0.4, 0.5) is 0 Å². The van der Waals surface area contributed by atoms with Crippen molar-refractivity contribution < 1.29 is 0 Å². The van der Waals surface area contributed by atoms with E-state index in [2.05, 4.69) is 38.4 Å². The van der Waals surface area contributed by atoms with Gasteiger partial charge in [0.2, 0.25) is 0 Å². The molecule has 0 aromatic carbocycles. The summed E-state index contributed by atoms with van der Waals surface area (Å²) in [4.78, 5) is 4.27. The lowest BCUT2D eigenvalue weighted by Gasteiger charge is -2.26. The normalized spacial score (nSPS) is 26.3. The van der Waals surface area contributed by atoms with E-state index in [0.717, 1.165) is 31.0 Å². The van der Waals surface area contributed by atoms with Crippen LogP contribution >= 0.6 is 15.9 Å². The number of nitrogens with one attached hydrogen (secondary N) is 1. The fourth-order valence-corrected chi connectivity index (χ4v) is 3.33. The number of rotatable bonds is 1. The highest BCUT2D eigenvalue weighted by Crippen LogP contribution is 2.38. The van der Waals surface area contributed by atoms with Crippen LogP contribution < -0.4 is 5.32 Å². The summed E-state index contributed by atoms with van der Waals surface area (Å²) in [5, 5.41) is 12.5. The first kappa shape index (κ1) is 11.9. The lowest BCUT2D eigenvalue weighted by molar-refractivity contribution is 0.454. The summed E-state index contributed by atoms with van der Waals surface area (Å²) < 4.78 is 0.631. The van der Waals surface area contributed by atoms with E-state index in [1.165, 1.54) is 12.0 Å². The standard InChI is InChI=1S/C14H14BrN3/c15-14-10(5-16)4-11(7-18-14)12-3-1-2-9-6-17-8-13(9)12/h3-4,7,9,13,17H,1-2,6,8H2/t9-,13+/m0/s1. The highest BCUT2D eigenvalue weighted by atomic mass is 79.9. The van der Waals surface area contributed by atoms with Crippen molar-refractivity contribution in [3.05, 3.63) is 34.1 Å². The molecule has 0 radical (unpaired) electrons. The van der Waals surface area contributed by atoms with Crippen molar-refractivity contribution in [3.8, 4) is 6.07 Å². The Bertz CT molecular complexity index is 544. The maximum atomic E-state index is 9.08. The lowest BCUT2D eigenvalue weighted by atomic mass is 9.78. The second-order valence-corrected chi connectivity index (χ2v) is 5.69. The predicted octanol–water partition coefficient (Wildman–Crippen LogP) is 2.73. The number of nitriles is 1. The number of hydrogen-bond acceptors (Lipinski definition) is 3. The first-order valence-electron chi connectivity index (χ1n) is 6.26. The zero-order valence-corrected chi connectivity index (χ0v) is 11.6. The molecule has 0 amide bonds. The van der Waals surface area contributed by atoms with Crippen LogP contribution in [0.1, 0.15) is 24.0 Å². The molecule has 0 spiro atoms. The number of aromatic nitrogens is 1. The van der Waals surface area contributed by atoms with Gasteiger partial charge in [-0.25, -0.2) is 4.98 Å². The number of nitrogens with zero attached hydrogens (tertiary/aromatic N) is 2. The van der Waals surface area contributed by atoms with Crippen LogP contribution in [0.3, 0.4) is 0 Å². The van der Waals surface area contributed by atoms with Gasteiger partial charge >= 0.3 is 0 Å². The molecule has 18 heavy (non-hydrogen) atoms. The van der Waals surface area contributed by atoms with E-state index in [0.29, 0.717) is 16.1 Å². The van der Waals surface area contributed by atoms with Crippen molar-refractivity contribution in [2.45, 2.75) is 12.8 Å². The third-order valence-corrected chi connectivity index (χ3v) is 4.57. The molecule has 0 unspecified atom stereocenters. The predicted molar refractivity (Wildman–Crippen MR) is 73.7 cm³/mol. The van der Waals surface area contributed by atoms with Crippen molar-refractivity contribution in [2.24, 2.45) is 11.8 Å². The monoisotopic (exact) mass is 303 g/mol. The number of hydrogen-bond donors (Lipinski definition) is 1. The summed E-state index contributed by atoms with van der Waals surface area (Å²) in [6.45, 7) is 2.17. The number of halogens is 1. The largest absolute Gasteiger partial charge is 0.316 e. The molecule has 2 aliphatic rings. The van der Waals surface area contributed by atoms with Crippen molar-refractivity contribution in [2.75, 3.05) is 13.1 Å². The smallest absolute Gasteiger partial charge is 0.123 e. The van der Waals surface area contributed by atoms with Gasteiger partial charge in [-0.3, -0.25) is 0 Å². The molecule has 1 aliphatic heterocycles. The Labute approximate surface area is 115 Å². The second-order valence-electron chi connectivity index (χ2n) is 4.94. The molecule has 1 aromatic heterocycles. The highest BCUT2D eigenvalue weighted by Gasteiger charge is 2.32. The summed E-state index contributed by atoms with van der Waals surface area (Å²) in [5.41, 5.74) is 3.09. The molecule has 1 aliphatic carbocycles. The lowest BCUT2D eigenvalue weighted by Crippen LogP contribution is -2.18. The van der Waals surface area contributed by atoms with Crippen LogP contribution in [0.15, 0.2) is 22.9 Å². The van der Waals surface area contributed by atoms with Crippen molar-refractivity contribution in [3.63, 3.8) is 0 Å². The summed E-state index contributed by atoms with van der Waals surface area (Å²) in [7, 11) is 0. The molecule has 0 bridgehead atoms. The second kappa shape index (κ2) is 4.83. The summed E-state index contributed by atoms with van der Waals surface area (Å²) in [5.74, 6) is 1.34. The molecule has 2 atom stereocenters. The molecule has 1 fully saturated rings. The minimum atomic E-state index is 0.591. The van der Waals surface area contributed by atoms with E-state index in [1.54, 1.807) is 0 Å². The van der Waals surface area contributed by atoms with E-state index < -0.39 is 0 Å². The molecular weight excluding hydrogens is 290 g/mol. The van der Waals surface area contributed by atoms with Gasteiger partial charge in [0.15, 0.2) is 0 Å². The molecule has 0 saturated carbocycles. The Morgan fingerprint density at radius 1 is 1.44 bits per heavy atom. The van der Waals surface area contributed by atoms with Gasteiger partial charge in [-0.15, -0.1) is 0 Å². The van der Waals surface area contributed by atoms with E-state index in [1.807, 2.05) is 12.3 Å². The van der Waals surface area contributed by atoms with E-state index in [-0.39, 0.29) is 0 Å².